The first-order valence-corrected chi connectivity index (χ1v) is 6.79. The van der Waals surface area contributed by atoms with Crippen LogP contribution in [-0.2, 0) is 6.54 Å². The van der Waals surface area contributed by atoms with Crippen LogP contribution in [0.5, 0.6) is 0 Å². The van der Waals surface area contributed by atoms with E-state index in [0.29, 0.717) is 6.04 Å². The lowest BCUT2D eigenvalue weighted by molar-refractivity contribution is 0.120. The summed E-state index contributed by atoms with van der Waals surface area (Å²) in [6.45, 7) is 5.53. The molecule has 2 unspecified atom stereocenters. The molecule has 2 atom stereocenters. The van der Waals surface area contributed by atoms with Crippen LogP contribution in [0, 0.1) is 0 Å². The van der Waals surface area contributed by atoms with Gasteiger partial charge in [0.05, 0.1) is 6.61 Å². The summed E-state index contributed by atoms with van der Waals surface area (Å²) in [4.78, 5) is 4.77. The van der Waals surface area contributed by atoms with E-state index in [-0.39, 0.29) is 12.6 Å². The van der Waals surface area contributed by atoms with Crippen molar-refractivity contribution in [2.24, 2.45) is 0 Å². The van der Waals surface area contributed by atoms with Gasteiger partial charge in [-0.05, 0) is 32.5 Å². The van der Waals surface area contributed by atoms with Gasteiger partial charge in [-0.15, -0.1) is 0 Å². The number of benzene rings is 1. The van der Waals surface area contributed by atoms with Crippen molar-refractivity contribution < 1.29 is 5.11 Å². The number of nitrogens with zero attached hydrogens (tertiary/aromatic N) is 2. The molecule has 0 aromatic heterocycles. The van der Waals surface area contributed by atoms with E-state index in [1.54, 1.807) is 0 Å². The van der Waals surface area contributed by atoms with E-state index in [1.807, 2.05) is 0 Å². The predicted molar refractivity (Wildman–Crippen MR) is 74.4 cm³/mol. The quantitative estimate of drug-likeness (QED) is 0.879. The summed E-state index contributed by atoms with van der Waals surface area (Å²) < 4.78 is 0. The van der Waals surface area contributed by atoms with Crippen molar-refractivity contribution in [1.82, 2.24) is 9.80 Å². The van der Waals surface area contributed by atoms with Crippen molar-refractivity contribution in [2.75, 3.05) is 26.7 Å². The van der Waals surface area contributed by atoms with Gasteiger partial charge in [0.1, 0.15) is 0 Å². The summed E-state index contributed by atoms with van der Waals surface area (Å²) >= 11 is 0. The Kier molecular flexibility index (Phi) is 4.75. The van der Waals surface area contributed by atoms with Crippen LogP contribution >= 0.6 is 0 Å². The minimum atomic E-state index is 0.245. The van der Waals surface area contributed by atoms with E-state index in [1.165, 1.54) is 12.0 Å². The van der Waals surface area contributed by atoms with Gasteiger partial charge in [-0.3, -0.25) is 9.80 Å². The van der Waals surface area contributed by atoms with Gasteiger partial charge in [-0.1, -0.05) is 30.3 Å². The zero-order chi connectivity index (χ0) is 13.0. The fourth-order valence-corrected chi connectivity index (χ4v) is 2.58. The highest BCUT2D eigenvalue weighted by Gasteiger charge is 2.25. The highest BCUT2D eigenvalue weighted by Crippen LogP contribution is 2.17. The predicted octanol–water partition coefficient (Wildman–Crippen LogP) is 1.57. The Balaban J connectivity index is 2.05. The first kappa shape index (κ1) is 13.5. The standard InChI is InChI=1S/C15H24N2O/c1-13-8-9-16(2)15(12-18)11-17(13)10-14-6-4-3-5-7-14/h3-7,13,15,18H,8-12H2,1-2H3. The Labute approximate surface area is 110 Å². The third-order valence-corrected chi connectivity index (χ3v) is 4.03. The van der Waals surface area contributed by atoms with Crippen LogP contribution in [0.4, 0.5) is 0 Å². The van der Waals surface area contributed by atoms with Crippen LogP contribution in [-0.4, -0.2) is 53.7 Å². The molecule has 1 aliphatic heterocycles. The smallest absolute Gasteiger partial charge is 0.0599 e. The van der Waals surface area contributed by atoms with Crippen molar-refractivity contribution >= 4 is 0 Å². The van der Waals surface area contributed by atoms with Gasteiger partial charge >= 0.3 is 0 Å². The summed E-state index contributed by atoms with van der Waals surface area (Å²) in [5.41, 5.74) is 1.35. The average molecular weight is 248 g/mol. The molecule has 0 bridgehead atoms. The Morgan fingerprint density at radius 2 is 2.00 bits per heavy atom. The molecule has 3 heteroatoms. The number of rotatable bonds is 3. The highest BCUT2D eigenvalue weighted by atomic mass is 16.3. The van der Waals surface area contributed by atoms with Crippen LogP contribution in [0.3, 0.4) is 0 Å². The van der Waals surface area contributed by atoms with E-state index in [4.69, 9.17) is 0 Å². The molecular weight excluding hydrogens is 224 g/mol. The Bertz CT molecular complexity index is 355. The minimum absolute atomic E-state index is 0.245. The van der Waals surface area contributed by atoms with E-state index < -0.39 is 0 Å². The van der Waals surface area contributed by atoms with Crippen molar-refractivity contribution in [2.45, 2.75) is 32.0 Å². The van der Waals surface area contributed by atoms with Crippen LogP contribution < -0.4 is 0 Å². The second-order valence-corrected chi connectivity index (χ2v) is 5.37. The normalized spacial score (nSPS) is 27.1. The van der Waals surface area contributed by atoms with E-state index in [2.05, 4.69) is 54.1 Å². The van der Waals surface area contributed by atoms with Gasteiger partial charge in [0.2, 0.25) is 0 Å². The molecule has 2 rings (SSSR count). The zero-order valence-electron chi connectivity index (χ0n) is 11.4. The Morgan fingerprint density at radius 1 is 1.28 bits per heavy atom. The second-order valence-electron chi connectivity index (χ2n) is 5.37. The molecule has 3 nitrogen and oxygen atoms in total. The van der Waals surface area contributed by atoms with Crippen LogP contribution in [0.15, 0.2) is 30.3 Å². The molecule has 1 aromatic carbocycles. The number of hydrogen-bond donors (Lipinski definition) is 1. The van der Waals surface area contributed by atoms with Crippen LogP contribution in [0.25, 0.3) is 0 Å². The molecule has 0 spiro atoms. The largest absolute Gasteiger partial charge is 0.395 e. The van der Waals surface area contributed by atoms with Gasteiger partial charge in [0.15, 0.2) is 0 Å². The molecular formula is C15H24N2O. The number of aliphatic hydroxyl groups is 1. The molecule has 1 heterocycles. The first-order valence-electron chi connectivity index (χ1n) is 6.79. The van der Waals surface area contributed by atoms with E-state index >= 15 is 0 Å². The summed E-state index contributed by atoms with van der Waals surface area (Å²) in [5, 5.41) is 9.49. The van der Waals surface area contributed by atoms with Crippen molar-refractivity contribution in [3.05, 3.63) is 35.9 Å². The van der Waals surface area contributed by atoms with Gasteiger partial charge in [-0.2, -0.15) is 0 Å². The summed E-state index contributed by atoms with van der Waals surface area (Å²) in [7, 11) is 2.11. The molecule has 1 aliphatic rings. The first-order chi connectivity index (χ1) is 8.70. The Hall–Kier alpha value is -0.900. The molecule has 18 heavy (non-hydrogen) atoms. The minimum Gasteiger partial charge on any atom is -0.395 e. The van der Waals surface area contributed by atoms with Gasteiger partial charge in [0.25, 0.3) is 0 Å². The molecule has 100 valence electrons. The molecule has 1 N–H and O–H groups in total. The maximum absolute atomic E-state index is 9.49. The van der Waals surface area contributed by atoms with Gasteiger partial charge in [0, 0.05) is 25.2 Å². The third kappa shape index (κ3) is 3.31. The van der Waals surface area contributed by atoms with Crippen LogP contribution in [0.1, 0.15) is 18.9 Å². The highest BCUT2D eigenvalue weighted by molar-refractivity contribution is 5.14. The molecule has 0 radical (unpaired) electrons. The van der Waals surface area contributed by atoms with Crippen LogP contribution in [0.2, 0.25) is 0 Å². The summed E-state index contributed by atoms with van der Waals surface area (Å²) in [5.74, 6) is 0. The molecule has 0 amide bonds. The van der Waals surface area contributed by atoms with Crippen molar-refractivity contribution in [3.8, 4) is 0 Å². The maximum Gasteiger partial charge on any atom is 0.0599 e. The second kappa shape index (κ2) is 6.32. The van der Waals surface area contributed by atoms with Gasteiger partial charge in [-0.25, -0.2) is 0 Å². The molecule has 1 saturated heterocycles. The van der Waals surface area contributed by atoms with Gasteiger partial charge < -0.3 is 5.11 Å². The molecule has 1 fully saturated rings. The summed E-state index contributed by atoms with van der Waals surface area (Å²) in [6, 6.07) is 11.4. The average Bonchev–Trinajstić information content (AvgIpc) is 2.53. The van der Waals surface area contributed by atoms with E-state index in [0.717, 1.165) is 19.6 Å². The van der Waals surface area contributed by atoms with Crippen molar-refractivity contribution in [1.29, 1.82) is 0 Å². The topological polar surface area (TPSA) is 26.7 Å². The fourth-order valence-electron chi connectivity index (χ4n) is 2.58. The SMILES string of the molecule is CC1CCN(C)C(CO)CN1Cc1ccccc1. The molecule has 0 aliphatic carbocycles. The lowest BCUT2D eigenvalue weighted by Gasteiger charge is -2.30. The lowest BCUT2D eigenvalue weighted by Crippen LogP contribution is -2.42. The number of hydrogen-bond acceptors (Lipinski definition) is 3. The molecule has 0 saturated carbocycles. The monoisotopic (exact) mass is 248 g/mol. The lowest BCUT2D eigenvalue weighted by atomic mass is 10.1. The zero-order valence-corrected chi connectivity index (χ0v) is 11.4. The fraction of sp³-hybridized carbons (Fsp3) is 0.600. The van der Waals surface area contributed by atoms with E-state index in [9.17, 15) is 5.11 Å². The number of likely N-dealkylation sites (N-methyl/N-ethyl adjacent to an activating group) is 1. The van der Waals surface area contributed by atoms with Crippen molar-refractivity contribution in [3.63, 3.8) is 0 Å². The maximum atomic E-state index is 9.49. The Morgan fingerprint density at radius 3 is 2.67 bits per heavy atom. The number of aliphatic hydroxyl groups excluding tert-OH is 1. The third-order valence-electron chi connectivity index (χ3n) is 4.03. The molecule has 1 aromatic rings. The summed E-state index contributed by atoms with van der Waals surface area (Å²) in [6.07, 6.45) is 1.17.